The van der Waals surface area contributed by atoms with Gasteiger partial charge in [-0.3, -0.25) is 14.9 Å². The van der Waals surface area contributed by atoms with Crippen LogP contribution >= 0.6 is 0 Å². The molecule has 12 heteroatoms. The molecule has 2 aromatic rings. The van der Waals surface area contributed by atoms with Crippen molar-refractivity contribution in [1.29, 1.82) is 0 Å². The number of nitrogens with zero attached hydrogens (tertiary/aromatic N) is 4. The maximum Gasteiger partial charge on any atom is 0.418 e. The summed E-state index contributed by atoms with van der Waals surface area (Å²) in [7, 11) is 1.29. The van der Waals surface area contributed by atoms with E-state index in [0.29, 0.717) is 25.9 Å². The molecule has 1 aromatic carbocycles. The Balaban J connectivity index is 1.92. The van der Waals surface area contributed by atoms with E-state index in [1.807, 2.05) is 0 Å². The first kappa shape index (κ1) is 21.3. The Kier molecular flexibility index (Phi) is 6.04. The number of carbonyl (C=O) groups is 1. The second kappa shape index (κ2) is 8.51. The van der Waals surface area contributed by atoms with Crippen LogP contribution in [0.5, 0.6) is 0 Å². The molecule has 0 atom stereocenters. The van der Waals surface area contributed by atoms with Crippen molar-refractivity contribution in [3.8, 4) is 0 Å². The molecule has 1 saturated heterocycles. The maximum absolute atomic E-state index is 13.3. The predicted octanol–water partition coefficient (Wildman–Crippen LogP) is 3.54. The van der Waals surface area contributed by atoms with Crippen LogP contribution in [0.2, 0.25) is 0 Å². The summed E-state index contributed by atoms with van der Waals surface area (Å²) in [5.74, 6) is -1.04. The summed E-state index contributed by atoms with van der Waals surface area (Å²) in [5.41, 5.74) is -1.87. The first-order valence-corrected chi connectivity index (χ1v) is 8.97. The number of rotatable bonds is 5. The molecule has 0 unspecified atom stereocenters. The molecule has 3 rings (SSSR count). The second-order valence-corrected chi connectivity index (χ2v) is 6.60. The SMILES string of the molecule is COC(=O)C1CCN(c2ncnc(Nc3ccccc3C(F)(F)F)c2[N+](=O)[O-])CC1. The molecule has 0 amide bonds. The highest BCUT2D eigenvalue weighted by Gasteiger charge is 2.35. The Hall–Kier alpha value is -3.44. The monoisotopic (exact) mass is 425 g/mol. The van der Waals surface area contributed by atoms with Gasteiger partial charge in [0, 0.05) is 13.1 Å². The van der Waals surface area contributed by atoms with Gasteiger partial charge < -0.3 is 15.0 Å². The van der Waals surface area contributed by atoms with Crippen molar-refractivity contribution in [3.05, 3.63) is 46.3 Å². The number of nitro groups is 1. The third-order valence-electron chi connectivity index (χ3n) is 4.80. The lowest BCUT2D eigenvalue weighted by Gasteiger charge is -2.31. The topological polar surface area (TPSA) is 110 Å². The van der Waals surface area contributed by atoms with Gasteiger partial charge >= 0.3 is 17.8 Å². The van der Waals surface area contributed by atoms with Crippen LogP contribution in [-0.2, 0) is 15.7 Å². The number of anilines is 3. The summed E-state index contributed by atoms with van der Waals surface area (Å²) in [5, 5.41) is 14.2. The average Bonchev–Trinajstić information content (AvgIpc) is 2.72. The summed E-state index contributed by atoms with van der Waals surface area (Å²) in [6, 6.07) is 4.63. The number of ether oxygens (including phenoxy) is 1. The number of hydrogen-bond donors (Lipinski definition) is 1. The van der Waals surface area contributed by atoms with E-state index in [9.17, 15) is 28.1 Å². The molecule has 0 aliphatic carbocycles. The third kappa shape index (κ3) is 4.42. The van der Waals surface area contributed by atoms with Gasteiger partial charge in [-0.25, -0.2) is 9.97 Å². The van der Waals surface area contributed by atoms with Crippen molar-refractivity contribution in [1.82, 2.24) is 9.97 Å². The van der Waals surface area contributed by atoms with Crippen LogP contribution in [0, 0.1) is 16.0 Å². The first-order chi connectivity index (χ1) is 14.2. The molecule has 2 heterocycles. The van der Waals surface area contributed by atoms with Crippen LogP contribution in [0.4, 0.5) is 36.2 Å². The van der Waals surface area contributed by atoms with Crippen molar-refractivity contribution in [3.63, 3.8) is 0 Å². The zero-order valence-corrected chi connectivity index (χ0v) is 15.8. The number of esters is 1. The minimum absolute atomic E-state index is 0.0229. The largest absolute Gasteiger partial charge is 0.469 e. The molecule has 1 N–H and O–H groups in total. The lowest BCUT2D eigenvalue weighted by molar-refractivity contribution is -0.383. The number of aromatic nitrogens is 2. The van der Waals surface area contributed by atoms with Crippen molar-refractivity contribution in [2.24, 2.45) is 5.92 Å². The number of methoxy groups -OCH3 is 1. The summed E-state index contributed by atoms with van der Waals surface area (Å²) in [6.45, 7) is 0.604. The highest BCUT2D eigenvalue weighted by Crippen LogP contribution is 2.39. The fraction of sp³-hybridized carbons (Fsp3) is 0.389. The predicted molar refractivity (Wildman–Crippen MR) is 100 cm³/mol. The molecule has 160 valence electrons. The van der Waals surface area contributed by atoms with Crippen molar-refractivity contribution < 1.29 is 27.6 Å². The van der Waals surface area contributed by atoms with Gasteiger partial charge in [-0.2, -0.15) is 13.2 Å². The minimum atomic E-state index is -4.65. The van der Waals surface area contributed by atoms with Crippen molar-refractivity contribution >= 4 is 29.0 Å². The molecular weight excluding hydrogens is 407 g/mol. The number of para-hydroxylation sites is 1. The van der Waals surface area contributed by atoms with Gasteiger partial charge in [0.2, 0.25) is 11.6 Å². The Labute approximate surface area is 169 Å². The lowest BCUT2D eigenvalue weighted by Crippen LogP contribution is -2.37. The Morgan fingerprint density at radius 3 is 2.53 bits per heavy atom. The molecular formula is C18H18F3N5O4. The molecule has 0 spiro atoms. The van der Waals surface area contributed by atoms with E-state index < -0.39 is 22.4 Å². The highest BCUT2D eigenvalue weighted by atomic mass is 19.4. The maximum atomic E-state index is 13.3. The number of nitrogens with one attached hydrogen (secondary N) is 1. The number of hydrogen-bond acceptors (Lipinski definition) is 8. The number of benzene rings is 1. The van der Waals surface area contributed by atoms with E-state index in [0.717, 1.165) is 18.5 Å². The zero-order chi connectivity index (χ0) is 21.9. The minimum Gasteiger partial charge on any atom is -0.469 e. The molecule has 9 nitrogen and oxygen atoms in total. The molecule has 1 fully saturated rings. The molecule has 1 aliphatic heterocycles. The van der Waals surface area contributed by atoms with Gasteiger partial charge in [0.05, 0.1) is 29.2 Å². The van der Waals surface area contributed by atoms with Crippen LogP contribution in [0.3, 0.4) is 0 Å². The van der Waals surface area contributed by atoms with Gasteiger partial charge in [-0.1, -0.05) is 12.1 Å². The Morgan fingerprint density at radius 1 is 1.27 bits per heavy atom. The standard InChI is InChI=1S/C18H18F3N5O4/c1-30-17(27)11-6-8-25(9-7-11)16-14(26(28)29)15(22-10-23-16)24-13-5-3-2-4-12(13)18(19,20)21/h2-5,10-11H,6-9H2,1H3,(H,22,23,24). The normalized spacial score (nSPS) is 15.0. The van der Waals surface area contributed by atoms with E-state index >= 15 is 0 Å². The Morgan fingerprint density at radius 2 is 1.93 bits per heavy atom. The van der Waals surface area contributed by atoms with Gasteiger partial charge in [-0.15, -0.1) is 0 Å². The lowest BCUT2D eigenvalue weighted by atomic mass is 9.97. The average molecular weight is 425 g/mol. The van der Waals surface area contributed by atoms with Gasteiger partial charge in [0.25, 0.3) is 0 Å². The first-order valence-electron chi connectivity index (χ1n) is 8.97. The number of alkyl halides is 3. The zero-order valence-electron chi connectivity index (χ0n) is 15.8. The summed E-state index contributed by atoms with van der Waals surface area (Å²) < 4.78 is 44.5. The van der Waals surface area contributed by atoms with Crippen molar-refractivity contribution in [2.75, 3.05) is 30.4 Å². The smallest absolute Gasteiger partial charge is 0.418 e. The van der Waals surface area contributed by atoms with Gasteiger partial charge in [0.1, 0.15) is 6.33 Å². The molecule has 0 saturated carbocycles. The van der Waals surface area contributed by atoms with Gasteiger partial charge in [0.15, 0.2) is 0 Å². The van der Waals surface area contributed by atoms with Crippen LogP contribution < -0.4 is 10.2 Å². The van der Waals surface area contributed by atoms with E-state index in [1.165, 1.54) is 19.2 Å². The van der Waals surface area contributed by atoms with E-state index in [1.54, 1.807) is 4.90 Å². The van der Waals surface area contributed by atoms with Crippen LogP contribution in [0.15, 0.2) is 30.6 Å². The third-order valence-corrected chi connectivity index (χ3v) is 4.80. The highest BCUT2D eigenvalue weighted by molar-refractivity contribution is 5.76. The van der Waals surface area contributed by atoms with E-state index in [2.05, 4.69) is 15.3 Å². The van der Waals surface area contributed by atoms with E-state index in [-0.39, 0.29) is 29.2 Å². The molecule has 1 aliphatic rings. The summed E-state index contributed by atoms with van der Waals surface area (Å²) in [4.78, 5) is 32.1. The molecule has 0 bridgehead atoms. The second-order valence-electron chi connectivity index (χ2n) is 6.60. The van der Waals surface area contributed by atoms with Crippen LogP contribution in [-0.4, -0.2) is 41.1 Å². The fourth-order valence-electron chi connectivity index (χ4n) is 3.32. The molecule has 30 heavy (non-hydrogen) atoms. The quantitative estimate of drug-likeness (QED) is 0.440. The van der Waals surface area contributed by atoms with Crippen LogP contribution in [0.1, 0.15) is 18.4 Å². The number of piperidine rings is 1. The number of carbonyl (C=O) groups excluding carboxylic acids is 1. The van der Waals surface area contributed by atoms with Crippen LogP contribution in [0.25, 0.3) is 0 Å². The van der Waals surface area contributed by atoms with Crippen molar-refractivity contribution in [2.45, 2.75) is 19.0 Å². The summed E-state index contributed by atoms with van der Waals surface area (Å²) in [6.07, 6.45) is -2.78. The van der Waals surface area contributed by atoms with Gasteiger partial charge in [-0.05, 0) is 25.0 Å². The molecule has 0 radical (unpaired) electrons. The fourth-order valence-corrected chi connectivity index (χ4v) is 3.32. The number of halogens is 3. The molecule has 1 aromatic heterocycles. The summed E-state index contributed by atoms with van der Waals surface area (Å²) >= 11 is 0. The van der Waals surface area contributed by atoms with E-state index in [4.69, 9.17) is 4.74 Å². The Bertz CT molecular complexity index is 946.